The number of piperidine rings is 1. The molecule has 4 heteroatoms. The van der Waals surface area contributed by atoms with Gasteiger partial charge in [0.25, 0.3) is 5.91 Å². The number of hydrogen-bond donors (Lipinski definition) is 2. The summed E-state index contributed by atoms with van der Waals surface area (Å²) in [6.45, 7) is 7.08. The molecule has 0 radical (unpaired) electrons. The molecule has 1 fully saturated rings. The molecule has 1 amide bonds. The number of rotatable bonds is 3. The van der Waals surface area contributed by atoms with Crippen LogP contribution in [0.5, 0.6) is 0 Å². The van der Waals surface area contributed by atoms with Gasteiger partial charge in [0.15, 0.2) is 0 Å². The molecule has 1 aromatic carbocycles. The number of amides is 1. The zero-order chi connectivity index (χ0) is 13.0. The molecule has 1 aromatic rings. The number of carbonyl (C=O) groups is 1. The molecule has 0 bridgehead atoms. The number of benzene rings is 1. The Morgan fingerprint density at radius 2 is 2.05 bits per heavy atom. The van der Waals surface area contributed by atoms with Crippen LogP contribution in [0.1, 0.15) is 35.7 Å². The third-order valence-electron chi connectivity index (χ3n) is 3.68. The first-order valence-electron chi connectivity index (χ1n) is 6.65. The minimum atomic E-state index is 0. The second-order valence-electron chi connectivity index (χ2n) is 5.64. The topological polar surface area (TPSA) is 41.1 Å². The average molecular weight is 283 g/mol. The quantitative estimate of drug-likeness (QED) is 0.894. The normalized spacial score (nSPS) is 22.4. The van der Waals surface area contributed by atoms with E-state index in [-0.39, 0.29) is 23.7 Å². The Kier molecular flexibility index (Phi) is 5.83. The lowest BCUT2D eigenvalue weighted by Gasteiger charge is -2.34. The van der Waals surface area contributed by atoms with E-state index < -0.39 is 0 Å². The summed E-state index contributed by atoms with van der Waals surface area (Å²) in [5.74, 6) is 0.0294. The number of carbonyl (C=O) groups excluding carboxylic acids is 1. The van der Waals surface area contributed by atoms with Gasteiger partial charge >= 0.3 is 0 Å². The van der Waals surface area contributed by atoms with Crippen LogP contribution in [0.15, 0.2) is 24.3 Å². The fourth-order valence-electron chi connectivity index (χ4n) is 2.37. The number of halogens is 1. The smallest absolute Gasteiger partial charge is 0.251 e. The predicted molar refractivity (Wildman–Crippen MR) is 81.0 cm³/mol. The summed E-state index contributed by atoms with van der Waals surface area (Å²) in [5.41, 5.74) is 2.11. The van der Waals surface area contributed by atoms with Crippen LogP contribution in [0.3, 0.4) is 0 Å². The zero-order valence-corrected chi connectivity index (χ0v) is 12.5. The van der Waals surface area contributed by atoms with Crippen LogP contribution in [0.2, 0.25) is 0 Å². The number of nitrogens with one attached hydrogen (secondary N) is 2. The second-order valence-corrected chi connectivity index (χ2v) is 5.64. The largest absolute Gasteiger partial charge is 0.351 e. The minimum absolute atomic E-state index is 0. The molecule has 2 N–H and O–H groups in total. The fraction of sp³-hybridized carbons (Fsp3) is 0.533. The van der Waals surface area contributed by atoms with E-state index in [2.05, 4.69) is 17.6 Å². The van der Waals surface area contributed by atoms with Crippen molar-refractivity contribution in [1.82, 2.24) is 10.6 Å². The molecular weight excluding hydrogens is 260 g/mol. The van der Waals surface area contributed by atoms with Crippen LogP contribution in [-0.4, -0.2) is 25.5 Å². The highest BCUT2D eigenvalue weighted by Gasteiger charge is 2.27. The molecule has 1 saturated heterocycles. The highest BCUT2D eigenvalue weighted by Crippen LogP contribution is 2.24. The van der Waals surface area contributed by atoms with Crippen LogP contribution in [0.4, 0.5) is 0 Å². The van der Waals surface area contributed by atoms with Crippen LogP contribution in [0.25, 0.3) is 0 Å². The Morgan fingerprint density at radius 1 is 1.37 bits per heavy atom. The van der Waals surface area contributed by atoms with Gasteiger partial charge in [-0.1, -0.05) is 24.6 Å². The Bertz CT molecular complexity index is 411. The molecule has 1 atom stereocenters. The summed E-state index contributed by atoms with van der Waals surface area (Å²) in [7, 11) is 0. The summed E-state index contributed by atoms with van der Waals surface area (Å²) < 4.78 is 0. The minimum Gasteiger partial charge on any atom is -0.351 e. The molecule has 0 aliphatic carbocycles. The molecule has 1 aliphatic rings. The lowest BCUT2D eigenvalue weighted by atomic mass is 9.83. The van der Waals surface area contributed by atoms with Crippen LogP contribution < -0.4 is 10.6 Å². The molecule has 1 heterocycles. The van der Waals surface area contributed by atoms with E-state index in [1.54, 1.807) is 0 Å². The second kappa shape index (κ2) is 6.92. The Hall–Kier alpha value is -1.06. The highest BCUT2D eigenvalue weighted by molar-refractivity contribution is 5.94. The van der Waals surface area contributed by atoms with Gasteiger partial charge in [0.1, 0.15) is 0 Å². The first-order chi connectivity index (χ1) is 8.59. The first-order valence-corrected chi connectivity index (χ1v) is 6.65. The van der Waals surface area contributed by atoms with Crippen molar-refractivity contribution in [3.63, 3.8) is 0 Å². The summed E-state index contributed by atoms with van der Waals surface area (Å²) in [6.07, 6.45) is 2.37. The molecule has 2 rings (SSSR count). The molecule has 19 heavy (non-hydrogen) atoms. The lowest BCUT2D eigenvalue weighted by Crippen LogP contribution is -2.45. The van der Waals surface area contributed by atoms with E-state index in [1.807, 2.05) is 31.2 Å². The standard InChI is InChI=1S/C15H22N2O.ClH/c1-12-4-6-13(7-5-12)14(18)17-11-15(2)8-3-9-16-10-15;/h4-7,16H,3,8-11H2,1-2H3,(H,17,18);1H. The maximum Gasteiger partial charge on any atom is 0.251 e. The van der Waals surface area contributed by atoms with Gasteiger partial charge in [-0.2, -0.15) is 0 Å². The maximum absolute atomic E-state index is 12.0. The van der Waals surface area contributed by atoms with Crippen molar-refractivity contribution >= 4 is 18.3 Å². The van der Waals surface area contributed by atoms with Crippen molar-refractivity contribution in [3.8, 4) is 0 Å². The van der Waals surface area contributed by atoms with Crippen molar-refractivity contribution in [2.24, 2.45) is 5.41 Å². The lowest BCUT2D eigenvalue weighted by molar-refractivity contribution is 0.0924. The molecule has 0 saturated carbocycles. The van der Waals surface area contributed by atoms with E-state index in [0.717, 1.165) is 25.2 Å². The average Bonchev–Trinajstić information content (AvgIpc) is 2.38. The van der Waals surface area contributed by atoms with Gasteiger partial charge in [-0.05, 0) is 43.9 Å². The SMILES string of the molecule is Cc1ccc(C(=O)NCC2(C)CCCNC2)cc1.Cl. The van der Waals surface area contributed by atoms with E-state index in [9.17, 15) is 4.79 Å². The summed E-state index contributed by atoms with van der Waals surface area (Å²) in [5, 5.41) is 6.44. The van der Waals surface area contributed by atoms with Gasteiger partial charge in [-0.15, -0.1) is 12.4 Å². The molecule has 1 unspecified atom stereocenters. The van der Waals surface area contributed by atoms with Crippen molar-refractivity contribution < 1.29 is 4.79 Å². The molecular formula is C15H23ClN2O. The van der Waals surface area contributed by atoms with Crippen molar-refractivity contribution in [2.75, 3.05) is 19.6 Å². The Morgan fingerprint density at radius 3 is 2.63 bits per heavy atom. The maximum atomic E-state index is 12.0. The number of hydrogen-bond acceptors (Lipinski definition) is 2. The molecule has 0 spiro atoms. The molecule has 3 nitrogen and oxygen atoms in total. The van der Waals surface area contributed by atoms with Gasteiger partial charge in [0, 0.05) is 18.7 Å². The fourth-order valence-corrected chi connectivity index (χ4v) is 2.37. The molecule has 1 aliphatic heterocycles. The van der Waals surface area contributed by atoms with Crippen LogP contribution in [-0.2, 0) is 0 Å². The third-order valence-corrected chi connectivity index (χ3v) is 3.68. The van der Waals surface area contributed by atoms with Crippen molar-refractivity contribution in [1.29, 1.82) is 0 Å². The van der Waals surface area contributed by atoms with Gasteiger partial charge < -0.3 is 10.6 Å². The number of aryl methyl sites for hydroxylation is 1. The monoisotopic (exact) mass is 282 g/mol. The van der Waals surface area contributed by atoms with E-state index in [4.69, 9.17) is 0 Å². The van der Waals surface area contributed by atoms with E-state index in [1.165, 1.54) is 18.4 Å². The van der Waals surface area contributed by atoms with Crippen molar-refractivity contribution in [2.45, 2.75) is 26.7 Å². The van der Waals surface area contributed by atoms with Gasteiger partial charge in [0.05, 0.1) is 0 Å². The van der Waals surface area contributed by atoms with E-state index >= 15 is 0 Å². The van der Waals surface area contributed by atoms with Gasteiger partial charge in [-0.25, -0.2) is 0 Å². The molecule has 0 aromatic heterocycles. The Balaban J connectivity index is 0.00000180. The van der Waals surface area contributed by atoms with E-state index in [0.29, 0.717) is 0 Å². The first kappa shape index (κ1) is 16.0. The predicted octanol–water partition coefficient (Wildman–Crippen LogP) is 2.54. The summed E-state index contributed by atoms with van der Waals surface area (Å²) in [6, 6.07) is 7.70. The summed E-state index contributed by atoms with van der Waals surface area (Å²) >= 11 is 0. The summed E-state index contributed by atoms with van der Waals surface area (Å²) in [4.78, 5) is 12.0. The van der Waals surface area contributed by atoms with Crippen LogP contribution >= 0.6 is 12.4 Å². The zero-order valence-electron chi connectivity index (χ0n) is 11.7. The van der Waals surface area contributed by atoms with Crippen molar-refractivity contribution in [3.05, 3.63) is 35.4 Å². The van der Waals surface area contributed by atoms with Gasteiger partial charge in [-0.3, -0.25) is 4.79 Å². The van der Waals surface area contributed by atoms with Gasteiger partial charge in [0.2, 0.25) is 0 Å². The third kappa shape index (κ3) is 4.51. The highest BCUT2D eigenvalue weighted by atomic mass is 35.5. The molecule has 106 valence electrons. The van der Waals surface area contributed by atoms with Crippen LogP contribution in [0, 0.1) is 12.3 Å². The Labute approximate surface area is 121 Å².